The largest absolute Gasteiger partial charge is 0.345 e. The molecule has 0 aromatic heterocycles. The highest BCUT2D eigenvalue weighted by Gasteiger charge is 2.25. The molecule has 114 valence electrons. The number of hydrogen-bond donors (Lipinski definition) is 2. The van der Waals surface area contributed by atoms with E-state index in [0.29, 0.717) is 0 Å². The van der Waals surface area contributed by atoms with Gasteiger partial charge in [0.2, 0.25) is 0 Å². The van der Waals surface area contributed by atoms with Crippen LogP contribution in [0.2, 0.25) is 0 Å². The predicted molar refractivity (Wildman–Crippen MR) is 79.2 cm³/mol. The average molecular weight is 280 g/mol. The van der Waals surface area contributed by atoms with Crippen LogP contribution in [0.3, 0.4) is 0 Å². The smallest absolute Gasteiger partial charge is 0.309 e. The number of carbonyl (C=O) groups excluding carboxylic acids is 2. The average Bonchev–Trinajstić information content (AvgIpc) is 2.49. The summed E-state index contributed by atoms with van der Waals surface area (Å²) in [6.45, 7) is 2.22. The van der Waals surface area contributed by atoms with Gasteiger partial charge in [-0.05, 0) is 44.4 Å². The number of hydrogen-bond acceptors (Lipinski definition) is 2. The molecular formula is C16H28N2O2. The fourth-order valence-electron chi connectivity index (χ4n) is 3.46. The maximum absolute atomic E-state index is 11.9. The number of nitrogens with one attached hydrogen (secondary N) is 2. The molecule has 4 nitrogen and oxygen atoms in total. The lowest BCUT2D eigenvalue weighted by Crippen LogP contribution is -2.48. The Hall–Kier alpha value is -1.06. The lowest BCUT2D eigenvalue weighted by Gasteiger charge is -2.28. The third kappa shape index (κ3) is 4.50. The minimum Gasteiger partial charge on any atom is -0.345 e. The molecule has 2 rings (SSSR count). The molecule has 0 aromatic rings. The Morgan fingerprint density at radius 1 is 0.800 bits per heavy atom. The van der Waals surface area contributed by atoms with Crippen LogP contribution in [-0.4, -0.2) is 23.9 Å². The fraction of sp³-hybridized carbons (Fsp3) is 0.875. The Labute approximate surface area is 122 Å². The summed E-state index contributed by atoms with van der Waals surface area (Å²) in [6.07, 6.45) is 11.2. The van der Waals surface area contributed by atoms with Crippen molar-refractivity contribution < 1.29 is 9.59 Å². The lowest BCUT2D eigenvalue weighted by molar-refractivity contribution is -0.140. The number of amides is 2. The second-order valence-corrected chi connectivity index (χ2v) is 6.41. The van der Waals surface area contributed by atoms with Gasteiger partial charge in [0.1, 0.15) is 0 Å². The zero-order chi connectivity index (χ0) is 14.4. The van der Waals surface area contributed by atoms with Crippen LogP contribution < -0.4 is 10.6 Å². The van der Waals surface area contributed by atoms with Crippen molar-refractivity contribution >= 4 is 11.8 Å². The summed E-state index contributed by atoms with van der Waals surface area (Å²) in [5.41, 5.74) is 0. The zero-order valence-electron chi connectivity index (χ0n) is 12.6. The van der Waals surface area contributed by atoms with Gasteiger partial charge in [-0.15, -0.1) is 0 Å². The van der Waals surface area contributed by atoms with Crippen LogP contribution in [-0.2, 0) is 9.59 Å². The third-order valence-corrected chi connectivity index (χ3v) is 4.91. The second-order valence-electron chi connectivity index (χ2n) is 6.41. The Kier molecular flexibility index (Phi) is 5.86. The van der Waals surface area contributed by atoms with Crippen molar-refractivity contribution in [3.63, 3.8) is 0 Å². The first-order chi connectivity index (χ1) is 9.69. The standard InChI is InChI=1S/C16H28N2O2/c1-2-12-8-10-14(11-9-12)18-16(20)15(19)17-13-6-4-3-5-7-13/h12-14H,2-11H2,1H3,(H,17,19)(H,18,20). The highest BCUT2D eigenvalue weighted by atomic mass is 16.2. The maximum Gasteiger partial charge on any atom is 0.309 e. The molecule has 0 unspecified atom stereocenters. The summed E-state index contributed by atoms with van der Waals surface area (Å²) < 4.78 is 0. The van der Waals surface area contributed by atoms with Crippen molar-refractivity contribution in [2.45, 2.75) is 83.2 Å². The first-order valence-electron chi connectivity index (χ1n) is 8.30. The molecule has 0 spiro atoms. The minimum atomic E-state index is -0.436. The summed E-state index contributed by atoms with van der Waals surface area (Å²) in [5, 5.41) is 5.78. The van der Waals surface area contributed by atoms with Crippen molar-refractivity contribution in [3.8, 4) is 0 Å². The molecule has 2 fully saturated rings. The molecule has 0 atom stereocenters. The van der Waals surface area contributed by atoms with E-state index in [-0.39, 0.29) is 12.1 Å². The normalized spacial score (nSPS) is 27.9. The molecule has 2 N–H and O–H groups in total. The Bertz CT molecular complexity index is 329. The Morgan fingerprint density at radius 3 is 1.80 bits per heavy atom. The van der Waals surface area contributed by atoms with Crippen molar-refractivity contribution in [2.75, 3.05) is 0 Å². The van der Waals surface area contributed by atoms with Crippen LogP contribution in [0.4, 0.5) is 0 Å². The van der Waals surface area contributed by atoms with Gasteiger partial charge < -0.3 is 10.6 Å². The lowest BCUT2D eigenvalue weighted by atomic mass is 9.84. The van der Waals surface area contributed by atoms with Crippen LogP contribution >= 0.6 is 0 Å². The first kappa shape index (κ1) is 15.3. The monoisotopic (exact) mass is 280 g/mol. The van der Waals surface area contributed by atoms with Crippen LogP contribution in [0.5, 0.6) is 0 Å². The molecule has 0 saturated heterocycles. The summed E-state index contributed by atoms with van der Waals surface area (Å²) in [7, 11) is 0. The van der Waals surface area contributed by atoms with Gasteiger partial charge >= 0.3 is 11.8 Å². The van der Waals surface area contributed by atoms with Gasteiger partial charge in [0.25, 0.3) is 0 Å². The molecule has 2 aliphatic rings. The van der Waals surface area contributed by atoms with Crippen LogP contribution in [0.15, 0.2) is 0 Å². The fourth-order valence-corrected chi connectivity index (χ4v) is 3.46. The quantitative estimate of drug-likeness (QED) is 0.780. The third-order valence-electron chi connectivity index (χ3n) is 4.91. The van der Waals surface area contributed by atoms with Crippen molar-refractivity contribution in [1.29, 1.82) is 0 Å². The highest BCUT2D eigenvalue weighted by molar-refractivity contribution is 6.35. The van der Waals surface area contributed by atoms with Crippen LogP contribution in [0.25, 0.3) is 0 Å². The van der Waals surface area contributed by atoms with Crippen LogP contribution in [0.1, 0.15) is 71.1 Å². The molecule has 0 aromatic carbocycles. The maximum atomic E-state index is 11.9. The van der Waals surface area contributed by atoms with E-state index in [1.807, 2.05) is 0 Å². The number of rotatable bonds is 3. The minimum absolute atomic E-state index is 0.197. The van der Waals surface area contributed by atoms with Crippen molar-refractivity contribution in [1.82, 2.24) is 10.6 Å². The van der Waals surface area contributed by atoms with E-state index in [2.05, 4.69) is 17.6 Å². The summed E-state index contributed by atoms with van der Waals surface area (Å²) in [5.74, 6) is -0.0655. The zero-order valence-corrected chi connectivity index (χ0v) is 12.6. The molecule has 20 heavy (non-hydrogen) atoms. The molecule has 0 bridgehead atoms. The first-order valence-corrected chi connectivity index (χ1v) is 8.30. The molecule has 0 aliphatic heterocycles. The van der Waals surface area contributed by atoms with Crippen molar-refractivity contribution in [3.05, 3.63) is 0 Å². The van der Waals surface area contributed by atoms with Gasteiger partial charge in [-0.3, -0.25) is 9.59 Å². The summed E-state index contributed by atoms with van der Waals surface area (Å²) in [6, 6.07) is 0.403. The summed E-state index contributed by atoms with van der Waals surface area (Å²) >= 11 is 0. The molecule has 2 amide bonds. The van der Waals surface area contributed by atoms with E-state index in [1.165, 1.54) is 25.7 Å². The van der Waals surface area contributed by atoms with E-state index in [1.54, 1.807) is 0 Å². The van der Waals surface area contributed by atoms with Gasteiger partial charge in [0.05, 0.1) is 0 Å². The van der Waals surface area contributed by atoms with E-state index in [4.69, 9.17) is 0 Å². The SMILES string of the molecule is CCC1CCC(NC(=O)C(=O)NC2CCCCC2)CC1. The van der Waals surface area contributed by atoms with E-state index in [0.717, 1.165) is 44.4 Å². The predicted octanol–water partition coefficient (Wildman–Crippen LogP) is 2.52. The Morgan fingerprint density at radius 2 is 1.30 bits per heavy atom. The molecule has 4 heteroatoms. The summed E-state index contributed by atoms with van der Waals surface area (Å²) in [4.78, 5) is 23.8. The topological polar surface area (TPSA) is 58.2 Å². The molecular weight excluding hydrogens is 252 g/mol. The Balaban J connectivity index is 1.69. The van der Waals surface area contributed by atoms with E-state index in [9.17, 15) is 9.59 Å². The molecule has 0 radical (unpaired) electrons. The van der Waals surface area contributed by atoms with Gasteiger partial charge in [-0.1, -0.05) is 32.6 Å². The van der Waals surface area contributed by atoms with Gasteiger partial charge in [-0.25, -0.2) is 0 Å². The molecule has 2 aliphatic carbocycles. The van der Waals surface area contributed by atoms with E-state index < -0.39 is 11.8 Å². The second kappa shape index (κ2) is 7.65. The van der Waals surface area contributed by atoms with Gasteiger partial charge in [0.15, 0.2) is 0 Å². The van der Waals surface area contributed by atoms with Gasteiger partial charge in [0, 0.05) is 12.1 Å². The molecule has 0 heterocycles. The highest BCUT2D eigenvalue weighted by Crippen LogP contribution is 2.26. The number of carbonyl (C=O) groups is 2. The van der Waals surface area contributed by atoms with Crippen molar-refractivity contribution in [2.24, 2.45) is 5.92 Å². The van der Waals surface area contributed by atoms with Crippen LogP contribution in [0, 0.1) is 5.92 Å². The van der Waals surface area contributed by atoms with Gasteiger partial charge in [-0.2, -0.15) is 0 Å². The molecule has 2 saturated carbocycles. The van der Waals surface area contributed by atoms with E-state index >= 15 is 0 Å².